The van der Waals surface area contributed by atoms with Crippen molar-refractivity contribution in [3.8, 4) is 10.6 Å². The zero-order valence-electron chi connectivity index (χ0n) is 15.4. The van der Waals surface area contributed by atoms with Crippen molar-refractivity contribution < 1.29 is 14.6 Å². The van der Waals surface area contributed by atoms with Gasteiger partial charge in [0.2, 0.25) is 0 Å². The summed E-state index contributed by atoms with van der Waals surface area (Å²) in [7, 11) is 0. The lowest BCUT2D eigenvalue weighted by atomic mass is 9.79. The van der Waals surface area contributed by atoms with E-state index in [1.165, 1.54) is 11.3 Å². The van der Waals surface area contributed by atoms with Crippen LogP contribution in [0.4, 0.5) is 0 Å². The number of aromatic nitrogens is 2. The highest BCUT2D eigenvalue weighted by Crippen LogP contribution is 2.39. The number of aliphatic hydroxyl groups excluding tert-OH is 1. The number of rotatable bonds is 7. The number of carbonyl (C=O) groups is 1. The number of hydrogen-bond acceptors (Lipinski definition) is 6. The molecule has 0 saturated heterocycles. The van der Waals surface area contributed by atoms with Crippen molar-refractivity contribution in [1.29, 1.82) is 0 Å². The highest BCUT2D eigenvalue weighted by Gasteiger charge is 2.32. The van der Waals surface area contributed by atoms with E-state index in [0.29, 0.717) is 6.61 Å². The van der Waals surface area contributed by atoms with Crippen LogP contribution in [-0.4, -0.2) is 27.7 Å². The first-order valence-corrected chi connectivity index (χ1v) is 11.1. The molecule has 2 aromatic heterocycles. The average Bonchev–Trinajstić information content (AvgIpc) is 3.18. The van der Waals surface area contributed by atoms with Gasteiger partial charge in [-0.15, -0.1) is 11.3 Å². The van der Waals surface area contributed by atoms with E-state index in [1.54, 1.807) is 6.20 Å². The summed E-state index contributed by atoms with van der Waals surface area (Å²) in [5.41, 5.74) is 0.846. The summed E-state index contributed by atoms with van der Waals surface area (Å²) in [5, 5.41) is 11.5. The summed E-state index contributed by atoms with van der Waals surface area (Å²) >= 11 is 4.86. The lowest BCUT2D eigenvalue weighted by molar-refractivity contribution is -0.150. The van der Waals surface area contributed by atoms with Gasteiger partial charge >= 0.3 is 5.97 Å². The maximum Gasteiger partial charge on any atom is 0.308 e. The van der Waals surface area contributed by atoms with Gasteiger partial charge in [-0.25, -0.2) is 9.97 Å². The fourth-order valence-electron chi connectivity index (χ4n) is 3.40. The first-order valence-electron chi connectivity index (χ1n) is 9.51. The lowest BCUT2D eigenvalue weighted by Gasteiger charge is -2.29. The number of halogens is 1. The molecule has 27 heavy (non-hydrogen) atoms. The van der Waals surface area contributed by atoms with Gasteiger partial charge in [0.05, 0.1) is 23.1 Å². The Morgan fingerprint density at radius 3 is 2.85 bits per heavy atom. The number of hydrogen-bond donors (Lipinski definition) is 1. The fourth-order valence-corrected chi connectivity index (χ4v) is 4.71. The minimum atomic E-state index is -0.590. The predicted molar refractivity (Wildman–Crippen MR) is 109 cm³/mol. The molecule has 1 aliphatic rings. The van der Waals surface area contributed by atoms with Gasteiger partial charge in [-0.05, 0) is 66.1 Å². The maximum absolute atomic E-state index is 12.1. The van der Waals surface area contributed by atoms with Gasteiger partial charge in [0.25, 0.3) is 0 Å². The van der Waals surface area contributed by atoms with Crippen LogP contribution in [0.5, 0.6) is 0 Å². The molecule has 0 radical (unpaired) electrons. The molecule has 7 heteroatoms. The van der Waals surface area contributed by atoms with Crippen LogP contribution < -0.4 is 0 Å². The van der Waals surface area contributed by atoms with Gasteiger partial charge in [0.15, 0.2) is 0 Å². The smallest absolute Gasteiger partial charge is 0.308 e. The Labute approximate surface area is 172 Å². The molecule has 2 heterocycles. The van der Waals surface area contributed by atoms with Crippen LogP contribution in [0, 0.1) is 11.8 Å². The number of carbonyl (C=O) groups excluding carboxylic acids is 1. The summed E-state index contributed by atoms with van der Waals surface area (Å²) in [6.07, 6.45) is 6.31. The summed E-state index contributed by atoms with van der Waals surface area (Å²) < 4.78 is 6.12. The quantitative estimate of drug-likeness (QED) is 0.357. The molecule has 1 saturated carbocycles. The van der Waals surface area contributed by atoms with Gasteiger partial charge < -0.3 is 9.84 Å². The molecule has 0 bridgehead atoms. The summed E-state index contributed by atoms with van der Waals surface area (Å²) in [6, 6.07) is 5.75. The second kappa shape index (κ2) is 9.75. The molecule has 0 aliphatic heterocycles. The molecule has 1 unspecified atom stereocenters. The molecule has 3 rings (SSSR count). The lowest BCUT2D eigenvalue weighted by Crippen LogP contribution is -2.26. The monoisotopic (exact) mass is 452 g/mol. The zero-order valence-corrected chi connectivity index (χ0v) is 17.8. The molecule has 146 valence electrons. The van der Waals surface area contributed by atoms with E-state index in [2.05, 4.69) is 32.8 Å². The Hall–Kier alpha value is -1.31. The van der Waals surface area contributed by atoms with Crippen LogP contribution in [-0.2, 0) is 9.53 Å². The van der Waals surface area contributed by atoms with E-state index in [0.717, 1.165) is 58.7 Å². The number of unbranched alkanes of at least 4 members (excludes halogenated alkanes) is 1. The van der Waals surface area contributed by atoms with Crippen molar-refractivity contribution in [2.24, 2.45) is 11.8 Å². The molecular weight excluding hydrogens is 428 g/mol. The number of esters is 1. The molecule has 2 aromatic rings. The summed E-state index contributed by atoms with van der Waals surface area (Å²) in [5.74, 6) is 0.0378. The van der Waals surface area contributed by atoms with Crippen molar-refractivity contribution in [3.05, 3.63) is 34.0 Å². The molecule has 1 atom stereocenters. The largest absolute Gasteiger partial charge is 0.465 e. The minimum Gasteiger partial charge on any atom is -0.465 e. The molecule has 0 amide bonds. The Balaban J connectivity index is 1.55. The average molecular weight is 453 g/mol. The van der Waals surface area contributed by atoms with Crippen molar-refractivity contribution in [3.63, 3.8) is 0 Å². The maximum atomic E-state index is 12.1. The van der Waals surface area contributed by atoms with E-state index in [1.807, 2.05) is 18.2 Å². The zero-order chi connectivity index (χ0) is 19.2. The Bertz CT molecular complexity index is 759. The number of pyridine rings is 1. The molecule has 1 N–H and O–H groups in total. The van der Waals surface area contributed by atoms with Gasteiger partial charge in [-0.1, -0.05) is 19.4 Å². The molecule has 5 nitrogen and oxygen atoms in total. The van der Waals surface area contributed by atoms with Gasteiger partial charge in [0.1, 0.15) is 15.7 Å². The number of nitrogens with zero attached hydrogens (tertiary/aromatic N) is 2. The van der Waals surface area contributed by atoms with Crippen LogP contribution in [0.25, 0.3) is 10.6 Å². The van der Waals surface area contributed by atoms with Gasteiger partial charge in [-0.2, -0.15) is 0 Å². The summed E-state index contributed by atoms with van der Waals surface area (Å²) in [4.78, 5) is 21.9. The van der Waals surface area contributed by atoms with E-state index in [4.69, 9.17) is 4.74 Å². The fraction of sp³-hybridized carbons (Fsp3) is 0.550. The van der Waals surface area contributed by atoms with Gasteiger partial charge in [-0.3, -0.25) is 4.79 Å². The Kier molecular flexibility index (Phi) is 7.38. The molecule has 0 spiro atoms. The van der Waals surface area contributed by atoms with Crippen molar-refractivity contribution in [2.75, 3.05) is 6.61 Å². The van der Waals surface area contributed by atoms with Crippen LogP contribution in [0.1, 0.15) is 56.6 Å². The molecule has 1 aliphatic carbocycles. The van der Waals surface area contributed by atoms with Crippen LogP contribution in [0.2, 0.25) is 0 Å². The van der Waals surface area contributed by atoms with Gasteiger partial charge in [0, 0.05) is 6.20 Å². The minimum absolute atomic E-state index is 0.0250. The van der Waals surface area contributed by atoms with Crippen LogP contribution in [0.15, 0.2) is 29.0 Å². The second-order valence-electron chi connectivity index (χ2n) is 6.99. The highest BCUT2D eigenvalue weighted by molar-refractivity contribution is 9.10. The van der Waals surface area contributed by atoms with Crippen LogP contribution >= 0.6 is 27.3 Å². The summed E-state index contributed by atoms with van der Waals surface area (Å²) in [6.45, 7) is 2.60. The van der Waals surface area contributed by atoms with Crippen molar-refractivity contribution >= 4 is 33.2 Å². The first kappa shape index (κ1) is 20.4. The van der Waals surface area contributed by atoms with E-state index < -0.39 is 6.10 Å². The third-order valence-corrected chi connectivity index (χ3v) is 6.57. The second-order valence-corrected chi connectivity index (χ2v) is 8.86. The third kappa shape index (κ3) is 5.36. The predicted octanol–water partition coefficient (Wildman–Crippen LogP) is 5.15. The SMILES string of the molecule is CCCCOC(=O)C1CCC(C(O)c2ncc(-c3cccc(Br)n3)s2)CC1. The first-order chi connectivity index (χ1) is 13.1. The molecule has 0 aromatic carbocycles. The topological polar surface area (TPSA) is 72.3 Å². The van der Waals surface area contributed by atoms with E-state index in [9.17, 15) is 9.90 Å². The Morgan fingerprint density at radius 2 is 2.15 bits per heavy atom. The van der Waals surface area contributed by atoms with Crippen LogP contribution in [0.3, 0.4) is 0 Å². The normalized spacial score (nSPS) is 21.0. The number of thiazole rings is 1. The number of ether oxygens (including phenoxy) is 1. The highest BCUT2D eigenvalue weighted by atomic mass is 79.9. The standard InChI is InChI=1S/C20H25BrN2O3S/c1-2-3-11-26-20(25)14-9-7-13(8-10-14)18(24)19-22-12-16(27-19)15-5-4-6-17(21)23-15/h4-6,12-14,18,24H,2-3,7-11H2,1H3. The molecular formula is C20H25BrN2O3S. The van der Waals surface area contributed by atoms with E-state index in [-0.39, 0.29) is 17.8 Å². The van der Waals surface area contributed by atoms with Crippen molar-refractivity contribution in [2.45, 2.75) is 51.6 Å². The number of aliphatic hydroxyl groups is 1. The van der Waals surface area contributed by atoms with Crippen molar-refractivity contribution in [1.82, 2.24) is 9.97 Å². The Morgan fingerprint density at radius 1 is 1.37 bits per heavy atom. The van der Waals surface area contributed by atoms with E-state index >= 15 is 0 Å². The molecule has 1 fully saturated rings. The third-order valence-electron chi connectivity index (χ3n) is 5.04.